The smallest absolute Gasteiger partial charge is 0.207 e. The molecule has 0 saturated carbocycles. The van der Waals surface area contributed by atoms with E-state index in [1.54, 1.807) is 24.3 Å². The number of rotatable bonds is 5. The zero-order valence-corrected chi connectivity index (χ0v) is 14.3. The Bertz CT molecular complexity index is 769. The number of aryl methyl sites for hydroxylation is 2. The normalized spacial score (nSPS) is 15.9. The number of fused-ring (bicyclic) bond motifs is 1. The van der Waals surface area contributed by atoms with Crippen molar-refractivity contribution in [2.75, 3.05) is 0 Å². The molecular formula is C19H23NO2S. The number of hydrogen-bond donors (Lipinski definition) is 1. The van der Waals surface area contributed by atoms with Crippen LogP contribution in [0.25, 0.3) is 0 Å². The summed E-state index contributed by atoms with van der Waals surface area (Å²) in [5.41, 5.74) is 3.86. The molecule has 1 aliphatic rings. The van der Waals surface area contributed by atoms with Crippen LogP contribution in [0.3, 0.4) is 0 Å². The minimum absolute atomic E-state index is 0.188. The second-order valence-corrected chi connectivity index (χ2v) is 7.84. The highest BCUT2D eigenvalue weighted by Gasteiger charge is 2.21. The molecule has 0 spiro atoms. The number of sulfonamides is 1. The summed E-state index contributed by atoms with van der Waals surface area (Å²) in [6, 6.07) is 14.8. The largest absolute Gasteiger partial charge is 0.241 e. The van der Waals surface area contributed by atoms with E-state index in [4.69, 9.17) is 0 Å². The van der Waals surface area contributed by atoms with E-state index >= 15 is 0 Å². The Morgan fingerprint density at radius 3 is 2.39 bits per heavy atom. The van der Waals surface area contributed by atoms with Crippen LogP contribution in [0.15, 0.2) is 53.4 Å². The van der Waals surface area contributed by atoms with E-state index in [9.17, 15) is 8.42 Å². The summed E-state index contributed by atoms with van der Waals surface area (Å²) in [6.45, 7) is 2.01. The van der Waals surface area contributed by atoms with Crippen LogP contribution in [0.2, 0.25) is 0 Å². The van der Waals surface area contributed by atoms with E-state index < -0.39 is 10.0 Å². The maximum Gasteiger partial charge on any atom is 0.241 e. The van der Waals surface area contributed by atoms with Crippen molar-refractivity contribution in [3.05, 3.63) is 65.2 Å². The summed E-state index contributed by atoms with van der Waals surface area (Å²) >= 11 is 0. The molecule has 0 heterocycles. The predicted molar refractivity (Wildman–Crippen MR) is 92.9 cm³/mol. The highest BCUT2D eigenvalue weighted by Crippen LogP contribution is 2.27. The van der Waals surface area contributed by atoms with Crippen LogP contribution >= 0.6 is 0 Å². The molecule has 122 valence electrons. The first-order valence-electron chi connectivity index (χ1n) is 8.29. The van der Waals surface area contributed by atoms with E-state index in [1.807, 2.05) is 13.0 Å². The monoisotopic (exact) mass is 329 g/mol. The zero-order valence-electron chi connectivity index (χ0n) is 13.5. The summed E-state index contributed by atoms with van der Waals surface area (Å²) in [4.78, 5) is 0.316. The van der Waals surface area contributed by atoms with Crippen molar-refractivity contribution in [3.63, 3.8) is 0 Å². The van der Waals surface area contributed by atoms with Crippen molar-refractivity contribution >= 4 is 10.0 Å². The van der Waals surface area contributed by atoms with Gasteiger partial charge in [-0.25, -0.2) is 13.1 Å². The van der Waals surface area contributed by atoms with E-state index in [0.717, 1.165) is 24.8 Å². The first-order chi connectivity index (χ1) is 11.1. The Labute approximate surface area is 138 Å². The van der Waals surface area contributed by atoms with Crippen LogP contribution in [0, 0.1) is 0 Å². The van der Waals surface area contributed by atoms with Gasteiger partial charge in [-0.15, -0.1) is 0 Å². The SMILES string of the molecule is CC[C@@H](NS(=O)(=O)c1ccccc1)c1ccc2c(c1)CCCC2. The van der Waals surface area contributed by atoms with Gasteiger partial charge in [0, 0.05) is 6.04 Å². The van der Waals surface area contributed by atoms with E-state index in [2.05, 4.69) is 22.9 Å². The number of hydrogen-bond acceptors (Lipinski definition) is 2. The maximum absolute atomic E-state index is 12.6. The van der Waals surface area contributed by atoms with Gasteiger partial charge in [0.1, 0.15) is 0 Å². The fourth-order valence-electron chi connectivity index (χ4n) is 3.21. The van der Waals surface area contributed by atoms with Crippen LogP contribution in [0.4, 0.5) is 0 Å². The van der Waals surface area contributed by atoms with E-state index in [0.29, 0.717) is 4.90 Å². The lowest BCUT2D eigenvalue weighted by atomic mass is 9.89. The van der Waals surface area contributed by atoms with Gasteiger partial charge in [-0.1, -0.05) is 43.3 Å². The molecule has 0 unspecified atom stereocenters. The minimum atomic E-state index is -3.49. The molecule has 0 fully saturated rings. The van der Waals surface area contributed by atoms with Crippen molar-refractivity contribution < 1.29 is 8.42 Å². The van der Waals surface area contributed by atoms with Crippen molar-refractivity contribution in [3.8, 4) is 0 Å². The van der Waals surface area contributed by atoms with Crippen LogP contribution in [-0.4, -0.2) is 8.42 Å². The highest BCUT2D eigenvalue weighted by atomic mass is 32.2. The van der Waals surface area contributed by atoms with Crippen LogP contribution in [0.5, 0.6) is 0 Å². The summed E-state index contributed by atoms with van der Waals surface area (Å²) in [5.74, 6) is 0. The quantitative estimate of drug-likeness (QED) is 0.901. The van der Waals surface area contributed by atoms with Crippen molar-refractivity contribution in [1.29, 1.82) is 0 Å². The highest BCUT2D eigenvalue weighted by molar-refractivity contribution is 7.89. The third-order valence-corrected chi connectivity index (χ3v) is 6.02. The summed E-state index contributed by atoms with van der Waals surface area (Å²) in [6.07, 6.45) is 5.45. The molecule has 3 nitrogen and oxygen atoms in total. The third kappa shape index (κ3) is 3.65. The standard InChI is InChI=1S/C19H23NO2S/c1-2-19(20-23(21,22)18-10-4-3-5-11-18)17-13-12-15-8-6-7-9-16(15)14-17/h3-5,10-14,19-20H,2,6-9H2,1H3/t19-/m1/s1. The second-order valence-electron chi connectivity index (χ2n) is 6.13. The van der Waals surface area contributed by atoms with Gasteiger partial charge in [0.25, 0.3) is 0 Å². The average Bonchev–Trinajstić information content (AvgIpc) is 2.60. The molecule has 0 radical (unpaired) electrons. The molecule has 4 heteroatoms. The van der Waals surface area contributed by atoms with Gasteiger partial charge in [0.15, 0.2) is 0 Å². The lowest BCUT2D eigenvalue weighted by molar-refractivity contribution is 0.549. The molecule has 1 aliphatic carbocycles. The van der Waals surface area contributed by atoms with Gasteiger partial charge >= 0.3 is 0 Å². The van der Waals surface area contributed by atoms with Crippen LogP contribution < -0.4 is 4.72 Å². The van der Waals surface area contributed by atoms with E-state index in [-0.39, 0.29) is 6.04 Å². The minimum Gasteiger partial charge on any atom is -0.207 e. The van der Waals surface area contributed by atoms with Gasteiger partial charge in [-0.05, 0) is 60.9 Å². The molecular weight excluding hydrogens is 306 g/mol. The fourth-order valence-corrected chi connectivity index (χ4v) is 4.54. The molecule has 0 aliphatic heterocycles. The lowest BCUT2D eigenvalue weighted by Gasteiger charge is -2.21. The summed E-state index contributed by atoms with van der Waals surface area (Å²) < 4.78 is 28.0. The molecule has 1 atom stereocenters. The van der Waals surface area contributed by atoms with Crippen molar-refractivity contribution in [1.82, 2.24) is 4.72 Å². The molecule has 2 aromatic rings. The average molecular weight is 329 g/mol. The Balaban J connectivity index is 1.86. The number of benzene rings is 2. The van der Waals surface area contributed by atoms with Gasteiger partial charge < -0.3 is 0 Å². The summed E-state index contributed by atoms with van der Waals surface area (Å²) in [7, 11) is -3.49. The first-order valence-corrected chi connectivity index (χ1v) is 9.77. The molecule has 1 N–H and O–H groups in total. The molecule has 0 bridgehead atoms. The lowest BCUT2D eigenvalue weighted by Crippen LogP contribution is -2.28. The van der Waals surface area contributed by atoms with Crippen LogP contribution in [-0.2, 0) is 22.9 Å². The number of nitrogens with one attached hydrogen (secondary N) is 1. The topological polar surface area (TPSA) is 46.2 Å². The first kappa shape index (κ1) is 16.2. The Morgan fingerprint density at radius 2 is 1.70 bits per heavy atom. The van der Waals surface area contributed by atoms with Gasteiger partial charge in [-0.2, -0.15) is 0 Å². The van der Waals surface area contributed by atoms with Crippen LogP contribution in [0.1, 0.15) is 48.9 Å². The van der Waals surface area contributed by atoms with Crippen molar-refractivity contribution in [2.45, 2.75) is 50.0 Å². The van der Waals surface area contributed by atoms with Gasteiger partial charge in [0.05, 0.1) is 4.90 Å². The predicted octanol–water partition coefficient (Wildman–Crippen LogP) is 4.00. The fraction of sp³-hybridized carbons (Fsp3) is 0.368. The molecule has 0 amide bonds. The molecule has 3 rings (SSSR count). The summed E-state index contributed by atoms with van der Waals surface area (Å²) in [5, 5.41) is 0. The second kappa shape index (κ2) is 6.85. The molecule has 0 saturated heterocycles. The molecule has 0 aromatic heterocycles. The van der Waals surface area contributed by atoms with Gasteiger partial charge in [-0.3, -0.25) is 0 Å². The maximum atomic E-state index is 12.6. The Hall–Kier alpha value is -1.65. The third-order valence-electron chi connectivity index (χ3n) is 4.53. The van der Waals surface area contributed by atoms with Gasteiger partial charge in [0.2, 0.25) is 10.0 Å². The van der Waals surface area contributed by atoms with Crippen molar-refractivity contribution in [2.24, 2.45) is 0 Å². The Morgan fingerprint density at radius 1 is 1.00 bits per heavy atom. The van der Waals surface area contributed by atoms with E-state index in [1.165, 1.54) is 24.0 Å². The molecule has 23 heavy (non-hydrogen) atoms. The zero-order chi connectivity index (χ0) is 16.3. The molecule has 2 aromatic carbocycles. The Kier molecular flexibility index (Phi) is 4.83.